The molecule has 2 N–H and O–H groups in total. The number of quaternary nitrogens is 1. The van der Waals surface area contributed by atoms with Crippen LogP contribution in [0.1, 0.15) is 90.9 Å². The van der Waals surface area contributed by atoms with Crippen LogP contribution in [-0.4, -0.2) is 28.3 Å². The van der Waals surface area contributed by atoms with Crippen LogP contribution >= 0.6 is 0 Å². The van der Waals surface area contributed by atoms with Gasteiger partial charge in [0.15, 0.2) is 0 Å². The predicted molar refractivity (Wildman–Crippen MR) is 80.3 cm³/mol. The molecule has 0 saturated heterocycles. The van der Waals surface area contributed by atoms with Gasteiger partial charge in [0, 0.05) is 6.42 Å². The van der Waals surface area contributed by atoms with Gasteiger partial charge in [0.25, 0.3) is 0 Å². The van der Waals surface area contributed by atoms with E-state index in [1.165, 1.54) is 71.3 Å². The van der Waals surface area contributed by atoms with Crippen molar-refractivity contribution in [2.45, 2.75) is 96.9 Å². The number of nitrogens with zero attached hydrogens (tertiary/aromatic N) is 1. The minimum atomic E-state index is -4.94. The molecule has 0 aliphatic heterocycles. The molecule has 0 aromatic heterocycles. The van der Waals surface area contributed by atoms with E-state index in [-0.39, 0.29) is 6.04 Å². The fourth-order valence-corrected chi connectivity index (χ4v) is 2.35. The first kappa shape index (κ1) is 26.2. The first-order valence-electron chi connectivity index (χ1n) is 8.92. The lowest BCUT2D eigenvalue weighted by Crippen LogP contribution is -2.68. The molecular formula is C16H36ClNO6. The van der Waals surface area contributed by atoms with Gasteiger partial charge in [0.05, 0.1) is 0 Å². The second-order valence-electron chi connectivity index (χ2n) is 6.53. The van der Waals surface area contributed by atoms with Gasteiger partial charge in [0.2, 0.25) is 0 Å². The Hall–Kier alpha value is 0.01000. The smallest absolute Gasteiger partial charge is 0.149 e. The van der Waals surface area contributed by atoms with Crippen LogP contribution in [0.5, 0.6) is 0 Å². The van der Waals surface area contributed by atoms with Crippen molar-refractivity contribution in [3.05, 3.63) is 0 Å². The zero-order valence-corrected chi connectivity index (χ0v) is 16.2. The highest BCUT2D eigenvalue weighted by Gasteiger charge is 2.24. The molecule has 24 heavy (non-hydrogen) atoms. The summed E-state index contributed by atoms with van der Waals surface area (Å²) in [6.45, 7) is 4.15. The van der Waals surface area contributed by atoms with Crippen molar-refractivity contribution in [3.8, 4) is 0 Å². The summed E-state index contributed by atoms with van der Waals surface area (Å²) >= 11 is 0. The quantitative estimate of drug-likeness (QED) is 0.275. The van der Waals surface area contributed by atoms with Crippen molar-refractivity contribution in [2.24, 2.45) is 0 Å². The Labute approximate surface area is 148 Å². The van der Waals surface area contributed by atoms with Gasteiger partial charge in [-0.3, -0.25) is 0 Å². The third-order valence-electron chi connectivity index (χ3n) is 4.06. The van der Waals surface area contributed by atoms with Crippen LogP contribution in [0.2, 0.25) is 0 Å². The highest BCUT2D eigenvalue weighted by Crippen LogP contribution is 2.14. The fraction of sp³-hybridized carbons (Fsp3) is 1.00. The Morgan fingerprint density at radius 3 is 1.33 bits per heavy atom. The molecule has 148 valence electrons. The minimum Gasteiger partial charge on any atom is -0.222 e. The third-order valence-corrected chi connectivity index (χ3v) is 4.06. The summed E-state index contributed by atoms with van der Waals surface area (Å²) in [4.78, 5) is -0.891. The summed E-state index contributed by atoms with van der Waals surface area (Å²) < 4.78 is 34.0. The van der Waals surface area contributed by atoms with Gasteiger partial charge >= 0.3 is 0 Å². The highest BCUT2D eigenvalue weighted by atomic mass is 35.7. The summed E-state index contributed by atoms with van der Waals surface area (Å²) in [5.74, 6) is 0. The minimum absolute atomic E-state index is 0.0847. The molecule has 0 aromatic rings. The van der Waals surface area contributed by atoms with Crippen LogP contribution in [-0.2, 0) is 0 Å². The van der Waals surface area contributed by atoms with Crippen molar-refractivity contribution >= 4 is 0 Å². The van der Waals surface area contributed by atoms with Crippen LogP contribution in [0.4, 0.5) is 0 Å². The van der Waals surface area contributed by atoms with Crippen molar-refractivity contribution in [1.29, 1.82) is 0 Å². The molecule has 7 nitrogen and oxygen atoms in total. The number of halogens is 1. The fourth-order valence-electron chi connectivity index (χ4n) is 2.35. The summed E-state index contributed by atoms with van der Waals surface area (Å²) in [6, 6.07) is -0.0847. The van der Waals surface area contributed by atoms with Crippen LogP contribution in [0, 0.1) is 10.2 Å². The lowest BCUT2D eigenvalue weighted by atomic mass is 10.0. The van der Waals surface area contributed by atoms with Gasteiger partial charge in [0.1, 0.15) is 13.1 Å². The molecular weight excluding hydrogens is 338 g/mol. The van der Waals surface area contributed by atoms with Crippen molar-refractivity contribution in [1.82, 2.24) is 0 Å². The van der Waals surface area contributed by atoms with E-state index in [9.17, 15) is 10.4 Å². The normalized spacial score (nSPS) is 13.4. The molecule has 0 aliphatic carbocycles. The maximum atomic E-state index is 9.34. The van der Waals surface area contributed by atoms with Crippen LogP contribution in [0.25, 0.3) is 0 Å². The molecule has 0 aromatic carbocycles. The summed E-state index contributed by atoms with van der Waals surface area (Å²) in [5, 5.41) is 18.7. The van der Waals surface area contributed by atoms with E-state index in [1.54, 1.807) is 0 Å². The number of hydrogen-bond donors (Lipinski definition) is 2. The van der Waals surface area contributed by atoms with Crippen LogP contribution in [0.3, 0.4) is 0 Å². The first-order chi connectivity index (χ1) is 11.0. The van der Waals surface area contributed by atoms with Crippen LogP contribution in [0.15, 0.2) is 0 Å². The molecule has 0 aliphatic rings. The van der Waals surface area contributed by atoms with Gasteiger partial charge in [-0.2, -0.15) is 10.4 Å². The number of rotatable bonds is 13. The number of hydrogen-bond acceptors (Lipinski definition) is 6. The van der Waals surface area contributed by atoms with Gasteiger partial charge in [-0.15, -0.1) is 10.2 Å². The lowest BCUT2D eigenvalue weighted by Gasteiger charge is -2.23. The molecule has 8 heteroatoms. The molecule has 0 radical (unpaired) electrons. The molecule has 0 spiro atoms. The molecule has 1 atom stereocenters. The van der Waals surface area contributed by atoms with E-state index in [4.69, 9.17) is 18.6 Å². The van der Waals surface area contributed by atoms with E-state index in [0.29, 0.717) is 0 Å². The van der Waals surface area contributed by atoms with Gasteiger partial charge < -0.3 is 0 Å². The zero-order chi connectivity index (χ0) is 19.1. The highest BCUT2D eigenvalue weighted by molar-refractivity contribution is 4.51. The standard InChI is InChI=1S/C16H36NO2.ClHO4/c1-4-5-6-7-8-9-10-11-12-13-14-15-16(2)17(3,18)19;2-1(3,4)5/h16,18-19H,4-15H2,1-3H3;(H,2,3,4,5)/q+1;/p-1. The van der Waals surface area contributed by atoms with Gasteiger partial charge in [-0.25, -0.2) is 18.6 Å². The molecule has 0 saturated carbocycles. The average Bonchev–Trinajstić information content (AvgIpc) is 2.41. The Morgan fingerprint density at radius 2 is 1.04 bits per heavy atom. The molecule has 0 bridgehead atoms. The topological polar surface area (TPSA) is 133 Å². The largest absolute Gasteiger partial charge is 0.222 e. The maximum Gasteiger partial charge on any atom is 0.149 e. The first-order valence-corrected chi connectivity index (χ1v) is 10.1. The van der Waals surface area contributed by atoms with E-state index >= 15 is 0 Å². The SMILES string of the molecule is CCCCCCCCCCCCCC(C)[N+](C)(O)O.[O-][Cl+3]([O-])([O-])[O-]. The summed E-state index contributed by atoms with van der Waals surface area (Å²) in [5.41, 5.74) is 0. The van der Waals surface area contributed by atoms with Crippen molar-refractivity contribution < 1.29 is 44.1 Å². The Balaban J connectivity index is 0. The van der Waals surface area contributed by atoms with Crippen molar-refractivity contribution in [3.63, 3.8) is 0 Å². The lowest BCUT2D eigenvalue weighted by molar-refractivity contribution is -2.00. The maximum absolute atomic E-state index is 9.34. The Bertz CT molecular complexity index is 262. The van der Waals surface area contributed by atoms with E-state index < -0.39 is 15.1 Å². The van der Waals surface area contributed by atoms with Crippen LogP contribution < -0.4 is 18.6 Å². The Morgan fingerprint density at radius 1 is 0.750 bits per heavy atom. The van der Waals surface area contributed by atoms with Gasteiger partial charge in [-0.05, 0) is 18.2 Å². The third kappa shape index (κ3) is 26.9. The molecule has 0 amide bonds. The van der Waals surface area contributed by atoms with E-state index in [1.807, 2.05) is 6.92 Å². The average molecular weight is 374 g/mol. The van der Waals surface area contributed by atoms with E-state index in [0.717, 1.165) is 12.8 Å². The van der Waals surface area contributed by atoms with Crippen molar-refractivity contribution in [2.75, 3.05) is 7.05 Å². The zero-order valence-electron chi connectivity index (χ0n) is 15.4. The number of unbranched alkanes of at least 4 members (excludes halogenated alkanes) is 10. The Kier molecular flexibility index (Phi) is 16.7. The van der Waals surface area contributed by atoms with Gasteiger partial charge in [-0.1, -0.05) is 71.1 Å². The molecule has 1 unspecified atom stereocenters. The molecule has 0 fully saturated rings. The second-order valence-corrected chi connectivity index (χ2v) is 7.29. The second kappa shape index (κ2) is 15.3. The monoisotopic (exact) mass is 373 g/mol. The van der Waals surface area contributed by atoms with E-state index in [2.05, 4.69) is 6.92 Å². The summed E-state index contributed by atoms with van der Waals surface area (Å²) in [7, 11) is -3.52. The predicted octanol–water partition coefficient (Wildman–Crippen LogP) is 0.545. The summed E-state index contributed by atoms with van der Waals surface area (Å²) in [6.07, 6.45) is 15.6. The number of hydroxylamine groups is 4. The molecule has 0 rings (SSSR count). The molecule has 0 heterocycles.